The predicted octanol–water partition coefficient (Wildman–Crippen LogP) is 14.7. The number of rotatable bonds is 7. The number of hydrogen-bond donors (Lipinski definition) is 0. The summed E-state index contributed by atoms with van der Waals surface area (Å²) in [4.78, 5) is 19.5. The lowest BCUT2D eigenvalue weighted by Gasteiger charge is -2.20. The van der Waals surface area contributed by atoms with E-state index >= 15 is 0 Å². The van der Waals surface area contributed by atoms with Gasteiger partial charge in [0.2, 0.25) is 0 Å². The average molecular weight is 867 g/mol. The van der Waals surface area contributed by atoms with Gasteiger partial charge in [0.15, 0.2) is 23.2 Å². The van der Waals surface area contributed by atoms with Gasteiger partial charge < -0.3 is 9.13 Å². The molecule has 12 aromatic rings. The van der Waals surface area contributed by atoms with Crippen molar-refractivity contribution in [3.63, 3.8) is 0 Å². The summed E-state index contributed by atoms with van der Waals surface area (Å²) in [5.41, 5.74) is 13.3. The molecule has 68 heavy (non-hydrogen) atoms. The van der Waals surface area contributed by atoms with Crippen LogP contribution in [0.1, 0.15) is 11.1 Å². The van der Waals surface area contributed by atoms with Gasteiger partial charge >= 0.3 is 0 Å². The smallest absolute Gasteiger partial charge is 0.187 e. The summed E-state index contributed by atoms with van der Waals surface area (Å²) in [6.07, 6.45) is 0. The fraction of sp³-hybridized carbons (Fsp3) is 0. The number of nitriles is 2. The second kappa shape index (κ2) is 16.2. The summed E-state index contributed by atoms with van der Waals surface area (Å²) in [5.74, 6) is 1.47. The third-order valence-electron chi connectivity index (χ3n) is 12.7. The quantitative estimate of drug-likeness (QED) is 0.149. The molecular formula is C60H34N8. The van der Waals surface area contributed by atoms with Gasteiger partial charge in [-0.1, -0.05) is 146 Å². The van der Waals surface area contributed by atoms with E-state index in [9.17, 15) is 10.5 Å². The highest BCUT2D eigenvalue weighted by Crippen LogP contribution is 2.44. The first-order chi connectivity index (χ1) is 33.6. The molecule has 9 aromatic carbocycles. The largest absolute Gasteiger partial charge is 0.308 e. The maximum atomic E-state index is 11.0. The zero-order valence-electron chi connectivity index (χ0n) is 36.2. The van der Waals surface area contributed by atoms with Crippen LogP contribution >= 0.6 is 0 Å². The maximum absolute atomic E-state index is 11.0. The van der Waals surface area contributed by atoms with Crippen molar-refractivity contribution in [3.05, 3.63) is 229 Å². The first kappa shape index (κ1) is 39.6. The number of fused-ring (bicyclic) bond motifs is 6. The van der Waals surface area contributed by atoms with E-state index in [-0.39, 0.29) is 0 Å². The van der Waals surface area contributed by atoms with Crippen LogP contribution < -0.4 is 0 Å². The molecule has 0 aliphatic heterocycles. The number of hydrogen-bond acceptors (Lipinski definition) is 5. The first-order valence-electron chi connectivity index (χ1n) is 22.1. The van der Waals surface area contributed by atoms with Crippen molar-refractivity contribution >= 4 is 49.3 Å². The minimum absolute atomic E-state index is 0.440. The van der Waals surface area contributed by atoms with Crippen LogP contribution in [0.2, 0.25) is 0 Å². The molecule has 0 aliphatic rings. The molecule has 0 atom stereocenters. The summed E-state index contributed by atoms with van der Waals surface area (Å²) < 4.78 is 4.47. The fourth-order valence-corrected chi connectivity index (χ4v) is 9.47. The molecule has 0 amide bonds. The molecule has 0 saturated carbocycles. The van der Waals surface area contributed by atoms with Gasteiger partial charge in [0, 0.05) is 32.7 Å². The van der Waals surface area contributed by atoms with Crippen LogP contribution in [0.15, 0.2) is 206 Å². The van der Waals surface area contributed by atoms with E-state index < -0.39 is 0 Å². The lowest BCUT2D eigenvalue weighted by atomic mass is 10.0. The topological polar surface area (TPSA) is 100 Å². The number of nitrogens with zero attached hydrogens (tertiary/aromatic N) is 8. The van der Waals surface area contributed by atoms with Crippen molar-refractivity contribution in [1.29, 1.82) is 10.5 Å². The van der Waals surface area contributed by atoms with E-state index in [0.717, 1.165) is 88.4 Å². The first-order valence-corrected chi connectivity index (χ1v) is 22.1. The van der Waals surface area contributed by atoms with Gasteiger partial charge in [0.05, 0.1) is 68.8 Å². The Bertz CT molecular complexity index is 3840. The van der Waals surface area contributed by atoms with Crippen molar-refractivity contribution in [2.24, 2.45) is 0 Å². The minimum Gasteiger partial charge on any atom is -0.308 e. The van der Waals surface area contributed by atoms with Crippen molar-refractivity contribution in [3.8, 4) is 79.9 Å². The highest BCUT2D eigenvalue weighted by Gasteiger charge is 2.26. The zero-order chi connectivity index (χ0) is 45.7. The van der Waals surface area contributed by atoms with Crippen molar-refractivity contribution in [1.82, 2.24) is 24.1 Å². The number of aromatic nitrogens is 5. The molecule has 3 heterocycles. The third kappa shape index (κ3) is 6.63. The Balaban J connectivity index is 1.21. The van der Waals surface area contributed by atoms with Crippen LogP contribution in [0.25, 0.3) is 116 Å². The van der Waals surface area contributed by atoms with Crippen LogP contribution in [-0.4, -0.2) is 24.1 Å². The maximum Gasteiger partial charge on any atom is 0.187 e. The van der Waals surface area contributed by atoms with E-state index in [4.69, 9.17) is 21.5 Å². The van der Waals surface area contributed by atoms with Crippen molar-refractivity contribution in [2.45, 2.75) is 0 Å². The second-order valence-electron chi connectivity index (χ2n) is 16.6. The molecule has 0 radical (unpaired) electrons. The van der Waals surface area contributed by atoms with Gasteiger partial charge in [0.1, 0.15) is 0 Å². The Hall–Kier alpha value is -9.94. The van der Waals surface area contributed by atoms with Crippen LogP contribution in [-0.2, 0) is 0 Å². The van der Waals surface area contributed by atoms with E-state index in [1.165, 1.54) is 0 Å². The van der Waals surface area contributed by atoms with Gasteiger partial charge in [0.25, 0.3) is 0 Å². The molecular weight excluding hydrogens is 833 g/mol. The summed E-state index contributed by atoms with van der Waals surface area (Å²) in [6, 6.07) is 73.5. The van der Waals surface area contributed by atoms with Crippen LogP contribution in [0.3, 0.4) is 0 Å². The van der Waals surface area contributed by atoms with Gasteiger partial charge in [-0.2, -0.15) is 10.5 Å². The molecule has 314 valence electrons. The van der Waals surface area contributed by atoms with Crippen molar-refractivity contribution < 1.29 is 0 Å². The predicted molar refractivity (Wildman–Crippen MR) is 271 cm³/mol. The van der Waals surface area contributed by atoms with Gasteiger partial charge in [-0.15, -0.1) is 0 Å². The summed E-state index contributed by atoms with van der Waals surface area (Å²) >= 11 is 0. The molecule has 0 saturated heterocycles. The highest BCUT2D eigenvalue weighted by atomic mass is 15.1. The summed E-state index contributed by atoms with van der Waals surface area (Å²) in [6.45, 7) is 7.49. The van der Waals surface area contributed by atoms with Gasteiger partial charge in [-0.25, -0.2) is 19.8 Å². The molecule has 8 nitrogen and oxygen atoms in total. The Labute approximate surface area is 391 Å². The lowest BCUT2D eigenvalue weighted by molar-refractivity contribution is 1.05. The monoisotopic (exact) mass is 866 g/mol. The molecule has 8 heteroatoms. The fourth-order valence-electron chi connectivity index (χ4n) is 9.47. The molecule has 0 spiro atoms. The Morgan fingerprint density at radius 1 is 0.368 bits per heavy atom. The molecule has 12 rings (SSSR count). The highest BCUT2D eigenvalue weighted by molar-refractivity contribution is 6.13. The Morgan fingerprint density at radius 2 is 0.779 bits per heavy atom. The summed E-state index contributed by atoms with van der Waals surface area (Å²) in [7, 11) is 0. The molecule has 3 aromatic heterocycles. The molecule has 0 unspecified atom stereocenters. The van der Waals surface area contributed by atoms with Crippen LogP contribution in [0.5, 0.6) is 0 Å². The molecule has 0 N–H and O–H groups in total. The molecule has 0 bridgehead atoms. The molecule has 0 fully saturated rings. The van der Waals surface area contributed by atoms with E-state index in [1.54, 1.807) is 0 Å². The Morgan fingerprint density at radius 3 is 1.25 bits per heavy atom. The average Bonchev–Trinajstić information content (AvgIpc) is 3.93. The normalized spacial score (nSPS) is 11.2. The Kier molecular flexibility index (Phi) is 9.47. The minimum atomic E-state index is 0.440. The zero-order valence-corrected chi connectivity index (χ0v) is 36.2. The second-order valence-corrected chi connectivity index (χ2v) is 16.6. The van der Waals surface area contributed by atoms with Crippen molar-refractivity contribution in [2.75, 3.05) is 0 Å². The molecule has 0 aliphatic carbocycles. The van der Waals surface area contributed by atoms with Crippen LogP contribution in [0, 0.1) is 29.2 Å². The van der Waals surface area contributed by atoms with Crippen LogP contribution in [0.4, 0.5) is 5.69 Å². The third-order valence-corrected chi connectivity index (χ3v) is 12.7. The summed E-state index contributed by atoms with van der Waals surface area (Å²) in [5, 5.41) is 24.7. The number of benzene rings is 9. The van der Waals surface area contributed by atoms with Gasteiger partial charge in [-0.05, 0) is 82.9 Å². The SMILES string of the molecule is [C-]#[N+]c1ccc(-c2ccc3c(c2)c2ccccc2n3-c2cc(C#N)cc(-n3c4ccccc4c4cc(-c5ccc(C#N)cc5)ccc43)c2-c2nc(-c3ccccc3)nc(-c3ccccc3)n2)cc1. The lowest BCUT2D eigenvalue weighted by Crippen LogP contribution is -2.08. The van der Waals surface area contributed by atoms with E-state index in [2.05, 4.69) is 92.8 Å². The standard InChI is InChI=1S/C60H34N8/c1-63-46-28-24-41(25-29-46)45-27-31-54-50(35-45)48-17-9-11-19-52(48)68(54)56-33-39(37-62)32-55(57(56)60-65-58(42-12-4-2-5-13-42)64-59(66-60)43-14-6-3-7-15-43)67-51-18-10-8-16-47(51)49-34-44(26-30-53(49)67)40-22-20-38(36-61)21-23-40/h2-35H. The van der Waals surface area contributed by atoms with E-state index in [1.807, 2.05) is 140 Å². The van der Waals surface area contributed by atoms with E-state index in [0.29, 0.717) is 39.9 Å². The van der Waals surface area contributed by atoms with Gasteiger partial charge in [-0.3, -0.25) is 0 Å². The number of para-hydroxylation sites is 2.